The average Bonchev–Trinajstić information content (AvgIpc) is 2.85. The van der Waals surface area contributed by atoms with Crippen LogP contribution < -0.4 is 0 Å². The van der Waals surface area contributed by atoms with E-state index >= 15 is 0 Å². The summed E-state index contributed by atoms with van der Waals surface area (Å²) in [6, 6.07) is 10.8. The fourth-order valence-electron chi connectivity index (χ4n) is 1.95. The second-order valence-electron chi connectivity index (χ2n) is 4.34. The van der Waals surface area contributed by atoms with Gasteiger partial charge in [-0.15, -0.1) is 0 Å². The number of aryl methyl sites for hydroxylation is 1. The number of nitrogens with zero attached hydrogens (tertiary/aromatic N) is 2. The topological polar surface area (TPSA) is 48.1 Å². The number of aromatic nitrogens is 1. The first kappa shape index (κ1) is 13.1. The summed E-state index contributed by atoms with van der Waals surface area (Å²) in [5.74, 6) is 0. The number of nitro groups is 1. The van der Waals surface area contributed by atoms with Crippen LogP contribution in [-0.2, 0) is 6.54 Å². The molecular formula is C15H16N2O2. The second-order valence-corrected chi connectivity index (χ2v) is 4.34. The Morgan fingerprint density at radius 1 is 1.32 bits per heavy atom. The molecule has 4 nitrogen and oxygen atoms in total. The van der Waals surface area contributed by atoms with Gasteiger partial charge in [0.25, 0.3) is 5.70 Å². The van der Waals surface area contributed by atoms with E-state index in [1.807, 2.05) is 29.1 Å². The first-order chi connectivity index (χ1) is 9.20. The van der Waals surface area contributed by atoms with Gasteiger partial charge in [-0.1, -0.05) is 25.1 Å². The van der Waals surface area contributed by atoms with Gasteiger partial charge < -0.3 is 4.57 Å². The molecule has 1 aromatic heterocycles. The van der Waals surface area contributed by atoms with E-state index in [2.05, 4.69) is 6.92 Å². The molecule has 0 aliphatic rings. The fourth-order valence-corrected chi connectivity index (χ4v) is 1.95. The van der Waals surface area contributed by atoms with Gasteiger partial charge in [-0.05, 0) is 30.2 Å². The summed E-state index contributed by atoms with van der Waals surface area (Å²) >= 11 is 0. The van der Waals surface area contributed by atoms with Gasteiger partial charge in [-0.2, -0.15) is 0 Å². The van der Waals surface area contributed by atoms with Gasteiger partial charge in [0.05, 0.1) is 10.5 Å². The zero-order chi connectivity index (χ0) is 13.7. The van der Waals surface area contributed by atoms with Crippen molar-refractivity contribution in [3.05, 3.63) is 70.0 Å². The molecule has 2 rings (SSSR count). The summed E-state index contributed by atoms with van der Waals surface area (Å²) in [5.41, 5.74) is 1.59. The molecule has 1 aromatic carbocycles. The van der Waals surface area contributed by atoms with E-state index in [9.17, 15) is 10.1 Å². The highest BCUT2D eigenvalue weighted by atomic mass is 16.6. The molecule has 0 saturated carbocycles. The molecule has 0 N–H and O–H groups in total. The number of rotatable bonds is 5. The minimum atomic E-state index is -0.341. The molecule has 0 radical (unpaired) electrons. The van der Waals surface area contributed by atoms with Crippen LogP contribution in [0, 0.1) is 10.1 Å². The molecule has 0 aliphatic carbocycles. The minimum Gasteiger partial charge on any atom is -0.354 e. The molecule has 0 fully saturated rings. The Morgan fingerprint density at radius 3 is 2.68 bits per heavy atom. The summed E-state index contributed by atoms with van der Waals surface area (Å²) in [5, 5.41) is 11.2. The molecule has 19 heavy (non-hydrogen) atoms. The summed E-state index contributed by atoms with van der Waals surface area (Å²) in [4.78, 5) is 10.8. The van der Waals surface area contributed by atoms with Gasteiger partial charge in [0.15, 0.2) is 0 Å². The standard InChI is InChI=1S/C15H16N2O2/c1-2-9-16-10-8-13(12-16)11-15(17(18)19)14-6-4-3-5-7-14/h3-8,10-12H,2,9H2,1H3. The average molecular weight is 256 g/mol. The highest BCUT2D eigenvalue weighted by Crippen LogP contribution is 2.18. The van der Waals surface area contributed by atoms with E-state index in [0.29, 0.717) is 5.56 Å². The largest absolute Gasteiger partial charge is 0.354 e. The van der Waals surface area contributed by atoms with Crippen molar-refractivity contribution < 1.29 is 4.92 Å². The smallest absolute Gasteiger partial charge is 0.277 e. The van der Waals surface area contributed by atoms with Gasteiger partial charge in [0.2, 0.25) is 0 Å². The molecule has 0 aliphatic heterocycles. The van der Waals surface area contributed by atoms with Crippen LogP contribution in [-0.4, -0.2) is 9.49 Å². The molecule has 0 atom stereocenters. The normalized spacial score (nSPS) is 11.5. The van der Waals surface area contributed by atoms with Crippen molar-refractivity contribution in [2.75, 3.05) is 0 Å². The van der Waals surface area contributed by atoms with Gasteiger partial charge in [0.1, 0.15) is 0 Å². The lowest BCUT2D eigenvalue weighted by Gasteiger charge is -1.98. The molecule has 0 saturated heterocycles. The van der Waals surface area contributed by atoms with Crippen LogP contribution in [0.3, 0.4) is 0 Å². The molecule has 0 spiro atoms. The molecular weight excluding hydrogens is 240 g/mol. The molecule has 2 aromatic rings. The maximum Gasteiger partial charge on any atom is 0.277 e. The van der Waals surface area contributed by atoms with E-state index in [0.717, 1.165) is 18.5 Å². The quantitative estimate of drug-likeness (QED) is 0.605. The van der Waals surface area contributed by atoms with Crippen LogP contribution >= 0.6 is 0 Å². The number of benzene rings is 1. The first-order valence-corrected chi connectivity index (χ1v) is 6.28. The fraction of sp³-hybridized carbons (Fsp3) is 0.200. The molecule has 98 valence electrons. The van der Waals surface area contributed by atoms with E-state index in [1.54, 1.807) is 30.3 Å². The zero-order valence-electron chi connectivity index (χ0n) is 10.8. The Morgan fingerprint density at radius 2 is 2.05 bits per heavy atom. The maximum absolute atomic E-state index is 11.2. The van der Waals surface area contributed by atoms with Gasteiger partial charge in [0, 0.05) is 25.0 Å². The first-order valence-electron chi connectivity index (χ1n) is 6.28. The third-order valence-electron chi connectivity index (χ3n) is 2.82. The Bertz CT molecular complexity index is 585. The van der Waals surface area contributed by atoms with E-state index in [-0.39, 0.29) is 10.6 Å². The van der Waals surface area contributed by atoms with Crippen molar-refractivity contribution in [3.8, 4) is 0 Å². The predicted octanol–water partition coefficient (Wildman–Crippen LogP) is 3.67. The van der Waals surface area contributed by atoms with Crippen molar-refractivity contribution in [2.24, 2.45) is 0 Å². The van der Waals surface area contributed by atoms with Crippen molar-refractivity contribution in [2.45, 2.75) is 19.9 Å². The van der Waals surface area contributed by atoms with Crippen molar-refractivity contribution in [1.29, 1.82) is 0 Å². The van der Waals surface area contributed by atoms with Crippen LogP contribution in [0.5, 0.6) is 0 Å². The third kappa shape index (κ3) is 3.31. The van der Waals surface area contributed by atoms with Gasteiger partial charge in [-0.25, -0.2) is 0 Å². The Labute approximate surface area is 112 Å². The molecule has 0 unspecified atom stereocenters. The lowest BCUT2D eigenvalue weighted by Crippen LogP contribution is -1.97. The SMILES string of the molecule is CCCn1ccc(C=C(c2ccccc2)[N+](=O)[O-])c1. The van der Waals surface area contributed by atoms with Crippen LogP contribution in [0.1, 0.15) is 24.5 Å². The van der Waals surface area contributed by atoms with Crippen LogP contribution in [0.4, 0.5) is 0 Å². The Kier molecular flexibility index (Phi) is 4.13. The van der Waals surface area contributed by atoms with Crippen LogP contribution in [0.25, 0.3) is 11.8 Å². The maximum atomic E-state index is 11.2. The lowest BCUT2D eigenvalue weighted by molar-refractivity contribution is -0.374. The Balaban J connectivity index is 2.33. The van der Waals surface area contributed by atoms with E-state index < -0.39 is 0 Å². The van der Waals surface area contributed by atoms with Crippen molar-refractivity contribution >= 4 is 11.8 Å². The number of hydrogen-bond donors (Lipinski definition) is 0. The van der Waals surface area contributed by atoms with E-state index in [4.69, 9.17) is 0 Å². The molecule has 0 amide bonds. The van der Waals surface area contributed by atoms with Crippen molar-refractivity contribution in [3.63, 3.8) is 0 Å². The molecule has 0 bridgehead atoms. The highest BCUT2D eigenvalue weighted by molar-refractivity contribution is 5.76. The van der Waals surface area contributed by atoms with E-state index in [1.165, 1.54) is 0 Å². The van der Waals surface area contributed by atoms with Crippen LogP contribution in [0.2, 0.25) is 0 Å². The summed E-state index contributed by atoms with van der Waals surface area (Å²) < 4.78 is 2.04. The Hall–Kier alpha value is -2.36. The van der Waals surface area contributed by atoms with Gasteiger partial charge >= 0.3 is 0 Å². The third-order valence-corrected chi connectivity index (χ3v) is 2.82. The highest BCUT2D eigenvalue weighted by Gasteiger charge is 2.13. The molecule has 4 heteroatoms. The van der Waals surface area contributed by atoms with Crippen molar-refractivity contribution in [1.82, 2.24) is 4.57 Å². The summed E-state index contributed by atoms with van der Waals surface area (Å²) in [6.07, 6.45) is 6.52. The second kappa shape index (κ2) is 6.00. The number of hydrogen-bond acceptors (Lipinski definition) is 2. The molecule has 1 heterocycles. The minimum absolute atomic E-state index is 0.120. The lowest BCUT2D eigenvalue weighted by atomic mass is 10.1. The monoisotopic (exact) mass is 256 g/mol. The summed E-state index contributed by atoms with van der Waals surface area (Å²) in [7, 11) is 0. The summed E-state index contributed by atoms with van der Waals surface area (Å²) in [6.45, 7) is 3.02. The van der Waals surface area contributed by atoms with Crippen LogP contribution in [0.15, 0.2) is 48.8 Å². The zero-order valence-corrected chi connectivity index (χ0v) is 10.8. The van der Waals surface area contributed by atoms with Gasteiger partial charge in [-0.3, -0.25) is 10.1 Å². The predicted molar refractivity (Wildman–Crippen MR) is 76.0 cm³/mol.